The molecule has 1 heterocycles. The lowest BCUT2D eigenvalue weighted by Crippen LogP contribution is -2.36. The van der Waals surface area contributed by atoms with Crippen molar-refractivity contribution in [3.05, 3.63) is 35.4 Å². The Balaban J connectivity index is 1.80. The first-order valence-corrected chi connectivity index (χ1v) is 6.54. The molecule has 0 radical (unpaired) electrons. The van der Waals surface area contributed by atoms with Gasteiger partial charge in [0.1, 0.15) is 0 Å². The van der Waals surface area contributed by atoms with Crippen molar-refractivity contribution in [3.8, 4) is 0 Å². The lowest BCUT2D eigenvalue weighted by molar-refractivity contribution is -0.129. The molecule has 5 heteroatoms. The van der Waals surface area contributed by atoms with Gasteiger partial charge >= 0.3 is 0 Å². The molecule has 0 bridgehead atoms. The van der Waals surface area contributed by atoms with E-state index in [4.69, 9.17) is 5.73 Å². The quantitative estimate of drug-likeness (QED) is 0.810. The number of nitrogens with one attached hydrogen (secondary N) is 1. The molecule has 102 valence electrons. The molecule has 2 amide bonds. The van der Waals surface area contributed by atoms with E-state index in [0.717, 1.165) is 31.5 Å². The van der Waals surface area contributed by atoms with Crippen LogP contribution in [0.25, 0.3) is 0 Å². The molecule has 0 spiro atoms. The van der Waals surface area contributed by atoms with E-state index in [9.17, 15) is 9.59 Å². The fraction of sp³-hybridized carbons (Fsp3) is 0.429. The van der Waals surface area contributed by atoms with Crippen LogP contribution >= 0.6 is 0 Å². The average Bonchev–Trinajstić information content (AvgIpc) is 2.93. The van der Waals surface area contributed by atoms with Crippen LogP contribution in [0.4, 0.5) is 0 Å². The highest BCUT2D eigenvalue weighted by atomic mass is 16.2. The Morgan fingerprint density at radius 2 is 2.00 bits per heavy atom. The van der Waals surface area contributed by atoms with Crippen molar-refractivity contribution in [2.75, 3.05) is 19.6 Å². The summed E-state index contributed by atoms with van der Waals surface area (Å²) < 4.78 is 0. The van der Waals surface area contributed by atoms with E-state index in [1.807, 2.05) is 11.0 Å². The predicted molar refractivity (Wildman–Crippen MR) is 72.5 cm³/mol. The number of carbonyl (C=O) groups is 2. The Morgan fingerprint density at radius 3 is 2.68 bits per heavy atom. The molecule has 1 fully saturated rings. The summed E-state index contributed by atoms with van der Waals surface area (Å²) in [6, 6.07) is 7.12. The highest BCUT2D eigenvalue weighted by molar-refractivity contribution is 5.92. The van der Waals surface area contributed by atoms with Gasteiger partial charge in [-0.3, -0.25) is 9.59 Å². The van der Waals surface area contributed by atoms with Gasteiger partial charge in [-0.25, -0.2) is 0 Å². The minimum absolute atomic E-state index is 0.142. The number of nitrogens with zero attached hydrogens (tertiary/aromatic N) is 1. The summed E-state index contributed by atoms with van der Waals surface area (Å²) in [5.41, 5.74) is 6.66. The Labute approximate surface area is 112 Å². The topological polar surface area (TPSA) is 75.4 Å². The molecule has 19 heavy (non-hydrogen) atoms. The number of rotatable bonds is 5. The number of carbonyl (C=O) groups excluding carboxylic acids is 2. The van der Waals surface area contributed by atoms with Crippen molar-refractivity contribution in [2.24, 2.45) is 5.73 Å². The average molecular weight is 261 g/mol. The van der Waals surface area contributed by atoms with Crippen LogP contribution in [0.1, 0.15) is 28.8 Å². The molecule has 5 nitrogen and oxygen atoms in total. The van der Waals surface area contributed by atoms with Crippen LogP contribution in [0, 0.1) is 0 Å². The third-order valence-electron chi connectivity index (χ3n) is 3.28. The van der Waals surface area contributed by atoms with E-state index in [1.54, 1.807) is 18.2 Å². The molecule has 1 saturated heterocycles. The molecule has 0 unspecified atom stereocenters. The maximum atomic E-state index is 11.8. The van der Waals surface area contributed by atoms with Crippen LogP contribution in [-0.4, -0.2) is 36.3 Å². The van der Waals surface area contributed by atoms with Gasteiger partial charge in [-0.2, -0.15) is 0 Å². The summed E-state index contributed by atoms with van der Waals surface area (Å²) in [6.45, 7) is 2.64. The minimum Gasteiger partial charge on any atom is -0.366 e. The number of hydrogen-bond acceptors (Lipinski definition) is 3. The summed E-state index contributed by atoms with van der Waals surface area (Å²) >= 11 is 0. The molecule has 1 aliphatic heterocycles. The van der Waals surface area contributed by atoms with E-state index >= 15 is 0 Å². The zero-order valence-electron chi connectivity index (χ0n) is 10.9. The predicted octanol–water partition coefficient (Wildman–Crippen LogP) is 0.497. The highest BCUT2D eigenvalue weighted by Crippen LogP contribution is 2.07. The van der Waals surface area contributed by atoms with Crippen molar-refractivity contribution in [1.82, 2.24) is 10.2 Å². The normalized spacial score (nSPS) is 14.6. The second kappa shape index (κ2) is 6.33. The minimum atomic E-state index is -0.435. The van der Waals surface area contributed by atoms with E-state index in [-0.39, 0.29) is 5.91 Å². The van der Waals surface area contributed by atoms with Crippen LogP contribution in [0.5, 0.6) is 0 Å². The summed E-state index contributed by atoms with van der Waals surface area (Å²) in [4.78, 5) is 24.7. The second-order valence-electron chi connectivity index (χ2n) is 4.76. The highest BCUT2D eigenvalue weighted by Gasteiger charge is 2.16. The first-order chi connectivity index (χ1) is 9.16. The molecule has 1 aromatic rings. The summed E-state index contributed by atoms with van der Waals surface area (Å²) in [6.07, 6.45) is 2.21. The molecule has 0 aromatic heterocycles. The van der Waals surface area contributed by atoms with Crippen molar-refractivity contribution in [2.45, 2.75) is 19.4 Å². The molecule has 0 atom stereocenters. The summed E-state index contributed by atoms with van der Waals surface area (Å²) in [7, 11) is 0. The van der Waals surface area contributed by atoms with Crippen molar-refractivity contribution < 1.29 is 9.59 Å². The zero-order valence-corrected chi connectivity index (χ0v) is 10.9. The first-order valence-electron chi connectivity index (χ1n) is 6.54. The molecule has 1 aliphatic rings. The molecular formula is C14H19N3O2. The van der Waals surface area contributed by atoms with Gasteiger partial charge in [0.2, 0.25) is 11.8 Å². The first kappa shape index (κ1) is 13.5. The maximum absolute atomic E-state index is 11.8. The van der Waals surface area contributed by atoms with Gasteiger partial charge in [-0.1, -0.05) is 12.1 Å². The van der Waals surface area contributed by atoms with Crippen molar-refractivity contribution in [3.63, 3.8) is 0 Å². The molecular weight excluding hydrogens is 242 g/mol. The van der Waals surface area contributed by atoms with Gasteiger partial charge < -0.3 is 16.0 Å². The van der Waals surface area contributed by atoms with E-state index < -0.39 is 5.91 Å². The van der Waals surface area contributed by atoms with Crippen LogP contribution in [-0.2, 0) is 11.3 Å². The van der Waals surface area contributed by atoms with Gasteiger partial charge in [-0.15, -0.1) is 0 Å². The zero-order chi connectivity index (χ0) is 13.7. The fourth-order valence-electron chi connectivity index (χ4n) is 2.23. The van der Waals surface area contributed by atoms with Crippen LogP contribution in [0.15, 0.2) is 24.3 Å². The fourth-order valence-corrected chi connectivity index (χ4v) is 2.23. The Hall–Kier alpha value is -1.88. The maximum Gasteiger partial charge on any atom is 0.248 e. The van der Waals surface area contributed by atoms with Gasteiger partial charge in [0, 0.05) is 25.2 Å². The van der Waals surface area contributed by atoms with Crippen molar-refractivity contribution >= 4 is 11.8 Å². The van der Waals surface area contributed by atoms with Crippen LogP contribution < -0.4 is 11.1 Å². The largest absolute Gasteiger partial charge is 0.366 e. The third-order valence-corrected chi connectivity index (χ3v) is 3.28. The molecule has 1 aromatic carbocycles. The van der Waals surface area contributed by atoms with E-state index in [2.05, 4.69) is 5.32 Å². The number of amides is 2. The smallest absolute Gasteiger partial charge is 0.248 e. The van der Waals surface area contributed by atoms with Crippen LogP contribution in [0.3, 0.4) is 0 Å². The second-order valence-corrected chi connectivity index (χ2v) is 4.76. The Kier molecular flexibility index (Phi) is 4.52. The number of primary amides is 1. The van der Waals surface area contributed by atoms with Crippen LogP contribution in [0.2, 0.25) is 0 Å². The van der Waals surface area contributed by atoms with E-state index in [1.165, 1.54) is 0 Å². The number of benzene rings is 1. The number of hydrogen-bond donors (Lipinski definition) is 2. The number of nitrogens with two attached hydrogens (primary N) is 1. The molecule has 3 N–H and O–H groups in total. The number of likely N-dealkylation sites (tertiary alicyclic amines) is 1. The molecule has 0 saturated carbocycles. The Morgan fingerprint density at radius 1 is 1.26 bits per heavy atom. The SMILES string of the molecule is NC(=O)c1cccc(CNCC(=O)N2CCCC2)c1. The van der Waals surface area contributed by atoms with Gasteiger partial charge in [0.25, 0.3) is 0 Å². The summed E-state index contributed by atoms with van der Waals surface area (Å²) in [5.74, 6) is -0.293. The lowest BCUT2D eigenvalue weighted by Gasteiger charge is -2.15. The molecule has 2 rings (SSSR count). The lowest BCUT2D eigenvalue weighted by atomic mass is 10.1. The van der Waals surface area contributed by atoms with Crippen molar-refractivity contribution in [1.29, 1.82) is 0 Å². The third kappa shape index (κ3) is 3.79. The standard InChI is InChI=1S/C14H19N3O2/c15-14(19)12-5-3-4-11(8-12)9-16-10-13(18)17-6-1-2-7-17/h3-5,8,16H,1-2,6-7,9-10H2,(H2,15,19). The van der Waals surface area contributed by atoms with E-state index in [0.29, 0.717) is 18.7 Å². The van der Waals surface area contributed by atoms with Gasteiger partial charge in [0.15, 0.2) is 0 Å². The monoisotopic (exact) mass is 261 g/mol. The molecule has 0 aliphatic carbocycles. The van der Waals surface area contributed by atoms with Gasteiger partial charge in [-0.05, 0) is 30.5 Å². The Bertz CT molecular complexity index is 468. The van der Waals surface area contributed by atoms with Gasteiger partial charge in [0.05, 0.1) is 6.54 Å². The summed E-state index contributed by atoms with van der Waals surface area (Å²) in [5, 5.41) is 3.10.